The van der Waals surface area contributed by atoms with Gasteiger partial charge >= 0.3 is 0 Å². The van der Waals surface area contributed by atoms with Crippen molar-refractivity contribution in [1.82, 2.24) is 4.90 Å². The zero-order valence-corrected chi connectivity index (χ0v) is 17.0. The number of fused-ring (bicyclic) bond motifs is 5. The van der Waals surface area contributed by atoms with Crippen LogP contribution in [0.15, 0.2) is 42.5 Å². The van der Waals surface area contributed by atoms with Crippen LogP contribution < -0.4 is 14.2 Å². The summed E-state index contributed by atoms with van der Waals surface area (Å²) in [6.45, 7) is 6.03. The highest BCUT2D eigenvalue weighted by Gasteiger charge is 2.46. The molecule has 2 aromatic carbocycles. The minimum absolute atomic E-state index is 0.0425. The van der Waals surface area contributed by atoms with Crippen molar-refractivity contribution < 1.29 is 19.0 Å². The van der Waals surface area contributed by atoms with E-state index in [0.29, 0.717) is 18.1 Å². The Morgan fingerprint density at radius 1 is 1.24 bits per heavy atom. The summed E-state index contributed by atoms with van der Waals surface area (Å²) in [6.07, 6.45) is 2.23. The lowest BCUT2D eigenvalue weighted by molar-refractivity contribution is -0.146. The van der Waals surface area contributed by atoms with E-state index in [1.165, 1.54) is 11.1 Å². The number of ether oxygens (including phenoxy) is 3. The second kappa shape index (κ2) is 6.97. The van der Waals surface area contributed by atoms with Crippen molar-refractivity contribution in [3.63, 3.8) is 0 Å². The molecule has 5 heteroatoms. The predicted octanol–water partition coefficient (Wildman–Crippen LogP) is 3.73. The molecular weight excluding hydrogens is 366 g/mol. The highest BCUT2D eigenvalue weighted by molar-refractivity contribution is 5.82. The first kappa shape index (κ1) is 18.3. The molecule has 2 heterocycles. The maximum atomic E-state index is 13.3. The van der Waals surface area contributed by atoms with E-state index < -0.39 is 6.10 Å². The summed E-state index contributed by atoms with van der Waals surface area (Å²) in [7, 11) is 0. The van der Waals surface area contributed by atoms with E-state index in [2.05, 4.69) is 19.1 Å². The topological polar surface area (TPSA) is 48.0 Å². The Hall–Kier alpha value is -2.69. The summed E-state index contributed by atoms with van der Waals surface area (Å²) >= 11 is 0. The smallest absolute Gasteiger partial charge is 0.267 e. The van der Waals surface area contributed by atoms with E-state index in [0.717, 1.165) is 31.6 Å². The van der Waals surface area contributed by atoms with Gasteiger partial charge in [0.05, 0.1) is 6.61 Å². The molecule has 1 fully saturated rings. The zero-order valence-electron chi connectivity index (χ0n) is 17.0. The monoisotopic (exact) mass is 393 g/mol. The molecule has 5 nitrogen and oxygen atoms in total. The Labute approximate surface area is 171 Å². The molecule has 1 saturated heterocycles. The molecule has 2 aromatic rings. The van der Waals surface area contributed by atoms with Crippen molar-refractivity contribution in [3.8, 4) is 17.2 Å². The molecule has 0 saturated carbocycles. The Balaban J connectivity index is 1.37. The van der Waals surface area contributed by atoms with Gasteiger partial charge in [0.1, 0.15) is 12.4 Å². The molecule has 2 bridgehead atoms. The standard InChI is InChI=1S/C24H27NO4/c1-3-27-18-9-8-16-12-17-14-24(2,19(16)13-18)10-11-25(17)23(26)22-15-28-20-6-4-5-7-21(20)29-22/h4-9,13,17,22H,3,10-12,14-15H2,1-2H3/t17-,22+,24-/m1/s1. The lowest BCUT2D eigenvalue weighted by atomic mass is 9.65. The van der Waals surface area contributed by atoms with E-state index in [1.807, 2.05) is 42.2 Å². The third-order valence-corrected chi connectivity index (χ3v) is 6.60. The second-order valence-corrected chi connectivity index (χ2v) is 8.52. The van der Waals surface area contributed by atoms with E-state index in [9.17, 15) is 4.79 Å². The van der Waals surface area contributed by atoms with Gasteiger partial charge in [0.25, 0.3) is 5.91 Å². The number of benzene rings is 2. The normalized spacial score (nSPS) is 27.2. The van der Waals surface area contributed by atoms with Crippen LogP contribution in [0.2, 0.25) is 0 Å². The van der Waals surface area contributed by atoms with Gasteiger partial charge in [-0.25, -0.2) is 0 Å². The fourth-order valence-electron chi connectivity index (χ4n) is 5.13. The van der Waals surface area contributed by atoms with Crippen molar-refractivity contribution in [2.24, 2.45) is 0 Å². The first-order chi connectivity index (χ1) is 14.1. The van der Waals surface area contributed by atoms with E-state index in [-0.39, 0.29) is 24.0 Å². The highest BCUT2D eigenvalue weighted by atomic mass is 16.6. The van der Waals surface area contributed by atoms with Crippen LogP contribution in [0.4, 0.5) is 0 Å². The van der Waals surface area contributed by atoms with Crippen molar-refractivity contribution in [2.75, 3.05) is 19.8 Å². The molecule has 0 spiro atoms. The van der Waals surface area contributed by atoms with Gasteiger partial charge in [-0.15, -0.1) is 0 Å². The molecule has 29 heavy (non-hydrogen) atoms. The molecule has 0 N–H and O–H groups in total. The number of amides is 1. The van der Waals surface area contributed by atoms with Gasteiger partial charge in [-0.1, -0.05) is 25.1 Å². The molecule has 0 aromatic heterocycles. The molecule has 1 amide bonds. The molecular formula is C24H27NO4. The van der Waals surface area contributed by atoms with Gasteiger partial charge in [0, 0.05) is 12.6 Å². The summed E-state index contributed by atoms with van der Waals surface area (Å²) in [4.78, 5) is 15.4. The SMILES string of the molecule is CCOc1ccc2c(c1)[C@]1(C)CCN(C(=O)[C@@H]3COc4ccccc4O3)[C@H](C2)C1. The van der Waals surface area contributed by atoms with Crippen LogP contribution in [0.25, 0.3) is 0 Å². The lowest BCUT2D eigenvalue weighted by Gasteiger charge is -2.50. The van der Waals surface area contributed by atoms with Crippen molar-refractivity contribution >= 4 is 5.91 Å². The summed E-state index contributed by atoms with van der Waals surface area (Å²) in [6, 6.07) is 14.2. The van der Waals surface area contributed by atoms with E-state index >= 15 is 0 Å². The number of para-hydroxylation sites is 2. The Morgan fingerprint density at radius 3 is 2.90 bits per heavy atom. The largest absolute Gasteiger partial charge is 0.494 e. The van der Waals surface area contributed by atoms with Crippen LogP contribution in [-0.2, 0) is 16.6 Å². The van der Waals surface area contributed by atoms with Gasteiger partial charge in [-0.2, -0.15) is 0 Å². The molecule has 1 aliphatic carbocycles. The summed E-state index contributed by atoms with van der Waals surface area (Å²) in [5, 5.41) is 0. The third-order valence-electron chi connectivity index (χ3n) is 6.60. The summed E-state index contributed by atoms with van der Waals surface area (Å²) in [5.41, 5.74) is 2.80. The van der Waals surface area contributed by atoms with Crippen LogP contribution in [0, 0.1) is 0 Å². The Bertz CT molecular complexity index is 942. The summed E-state index contributed by atoms with van der Waals surface area (Å²) in [5.74, 6) is 2.34. The molecule has 152 valence electrons. The maximum absolute atomic E-state index is 13.3. The molecule has 5 rings (SSSR count). The highest BCUT2D eigenvalue weighted by Crippen LogP contribution is 2.46. The zero-order chi connectivity index (χ0) is 20.0. The Morgan fingerprint density at radius 2 is 2.07 bits per heavy atom. The van der Waals surface area contributed by atoms with Crippen LogP contribution in [0.5, 0.6) is 17.2 Å². The van der Waals surface area contributed by atoms with Gasteiger partial charge in [0.15, 0.2) is 11.5 Å². The average molecular weight is 393 g/mol. The third kappa shape index (κ3) is 3.13. The maximum Gasteiger partial charge on any atom is 0.267 e. The number of nitrogens with zero attached hydrogens (tertiary/aromatic N) is 1. The van der Waals surface area contributed by atoms with Crippen molar-refractivity contribution in [1.29, 1.82) is 0 Å². The molecule has 0 radical (unpaired) electrons. The number of rotatable bonds is 3. The van der Waals surface area contributed by atoms with Crippen LogP contribution in [0.3, 0.4) is 0 Å². The van der Waals surface area contributed by atoms with Gasteiger partial charge in [-0.05, 0) is 67.0 Å². The molecule has 3 aliphatic rings. The predicted molar refractivity (Wildman–Crippen MR) is 110 cm³/mol. The summed E-state index contributed by atoms with van der Waals surface area (Å²) < 4.78 is 17.5. The fourth-order valence-corrected chi connectivity index (χ4v) is 5.13. The van der Waals surface area contributed by atoms with Crippen molar-refractivity contribution in [2.45, 2.75) is 50.7 Å². The van der Waals surface area contributed by atoms with E-state index in [1.54, 1.807) is 0 Å². The first-order valence-corrected chi connectivity index (χ1v) is 10.5. The molecule has 2 aliphatic heterocycles. The van der Waals surface area contributed by atoms with Crippen LogP contribution in [-0.4, -0.2) is 42.7 Å². The molecule has 0 unspecified atom stereocenters. The number of carbonyl (C=O) groups is 1. The minimum atomic E-state index is -0.573. The van der Waals surface area contributed by atoms with Crippen LogP contribution >= 0.6 is 0 Å². The fraction of sp³-hybridized carbons (Fsp3) is 0.458. The Kier molecular flexibility index (Phi) is 4.41. The second-order valence-electron chi connectivity index (χ2n) is 8.52. The van der Waals surface area contributed by atoms with Crippen LogP contribution in [0.1, 0.15) is 37.8 Å². The number of likely N-dealkylation sites (tertiary alicyclic amines) is 1. The van der Waals surface area contributed by atoms with E-state index in [4.69, 9.17) is 14.2 Å². The van der Waals surface area contributed by atoms with Gasteiger partial charge in [0.2, 0.25) is 6.10 Å². The van der Waals surface area contributed by atoms with Gasteiger partial charge < -0.3 is 19.1 Å². The number of hydrogen-bond acceptors (Lipinski definition) is 4. The van der Waals surface area contributed by atoms with Crippen molar-refractivity contribution in [3.05, 3.63) is 53.6 Å². The quantitative estimate of drug-likeness (QED) is 0.797. The number of carbonyl (C=O) groups excluding carboxylic acids is 1. The minimum Gasteiger partial charge on any atom is -0.494 e. The lowest BCUT2D eigenvalue weighted by Crippen LogP contribution is -2.58. The first-order valence-electron chi connectivity index (χ1n) is 10.5. The van der Waals surface area contributed by atoms with Gasteiger partial charge in [-0.3, -0.25) is 4.79 Å². The average Bonchev–Trinajstić information content (AvgIpc) is 2.74. The number of piperidine rings is 1. The number of hydrogen-bond donors (Lipinski definition) is 0. The molecule has 3 atom stereocenters.